The first-order valence-electron chi connectivity index (χ1n) is 9.42. The Balaban J connectivity index is 1.43. The van der Waals surface area contributed by atoms with E-state index in [4.69, 9.17) is 16.3 Å². The molecule has 1 aromatic carbocycles. The number of pyridine rings is 1. The summed E-state index contributed by atoms with van der Waals surface area (Å²) in [4.78, 5) is 28.2. The summed E-state index contributed by atoms with van der Waals surface area (Å²) in [5.41, 5.74) is 0.811. The number of halogens is 2. The van der Waals surface area contributed by atoms with Gasteiger partial charge in [-0.2, -0.15) is 0 Å². The number of aromatic nitrogens is 1. The van der Waals surface area contributed by atoms with Crippen molar-refractivity contribution in [1.29, 1.82) is 0 Å². The molecular weight excluding hydrogens is 444 g/mol. The number of anilines is 1. The molecule has 0 aliphatic heterocycles. The summed E-state index contributed by atoms with van der Waals surface area (Å²) < 4.78 is 6.58. The van der Waals surface area contributed by atoms with Gasteiger partial charge in [0.25, 0.3) is 0 Å². The molecule has 0 bridgehead atoms. The largest absolute Gasteiger partial charge is 0.456 e. The molecule has 4 rings (SSSR count). The van der Waals surface area contributed by atoms with Crippen LogP contribution in [0.15, 0.2) is 34.9 Å². The van der Waals surface area contributed by atoms with Gasteiger partial charge in [0.2, 0.25) is 5.91 Å². The molecule has 2 fully saturated rings. The fourth-order valence-electron chi connectivity index (χ4n) is 2.93. The molecule has 146 valence electrons. The van der Waals surface area contributed by atoms with Crippen LogP contribution in [-0.4, -0.2) is 16.7 Å². The zero-order valence-corrected chi connectivity index (χ0v) is 17.6. The van der Waals surface area contributed by atoms with Gasteiger partial charge in [0.05, 0.1) is 4.47 Å². The molecular formula is C21H20BrClN2O3. The Bertz CT molecular complexity index is 926. The molecule has 0 saturated heterocycles. The highest BCUT2D eigenvalue weighted by molar-refractivity contribution is 9.10. The van der Waals surface area contributed by atoms with Crippen LogP contribution < -0.4 is 10.1 Å². The van der Waals surface area contributed by atoms with Crippen molar-refractivity contribution >= 4 is 45.0 Å². The monoisotopic (exact) mass is 462 g/mol. The third-order valence-corrected chi connectivity index (χ3v) is 5.82. The maximum Gasteiger partial charge on any atom is 0.228 e. The van der Waals surface area contributed by atoms with Crippen molar-refractivity contribution < 1.29 is 14.3 Å². The number of amides is 1. The third-order valence-electron chi connectivity index (χ3n) is 4.87. The number of carbonyl (C=O) groups is 2. The summed E-state index contributed by atoms with van der Waals surface area (Å²) in [6.07, 6.45) is 6.77. The van der Waals surface area contributed by atoms with E-state index >= 15 is 0 Å². The van der Waals surface area contributed by atoms with Crippen LogP contribution in [0.2, 0.25) is 5.02 Å². The second-order valence-electron chi connectivity index (χ2n) is 7.48. The van der Waals surface area contributed by atoms with Gasteiger partial charge in [-0.15, -0.1) is 0 Å². The lowest BCUT2D eigenvalue weighted by molar-refractivity contribution is -0.119. The van der Waals surface area contributed by atoms with E-state index < -0.39 is 0 Å². The highest BCUT2D eigenvalue weighted by atomic mass is 79.9. The molecule has 5 nitrogen and oxygen atoms in total. The Morgan fingerprint density at radius 2 is 2.00 bits per heavy atom. The predicted octanol–water partition coefficient (Wildman–Crippen LogP) is 5.55. The number of rotatable bonds is 8. The first-order valence-corrected chi connectivity index (χ1v) is 10.6. The highest BCUT2D eigenvalue weighted by Gasteiger charge is 2.30. The number of hydrogen-bond acceptors (Lipinski definition) is 4. The SMILES string of the molecule is O=C(Cc1ccc(Oc2cc(NC(=O)C3CC3)ncc2Br)cc1Cl)CC1CC1. The van der Waals surface area contributed by atoms with Crippen molar-refractivity contribution in [3.63, 3.8) is 0 Å². The molecule has 28 heavy (non-hydrogen) atoms. The van der Waals surface area contributed by atoms with Crippen LogP contribution in [-0.2, 0) is 16.0 Å². The molecule has 2 aliphatic carbocycles. The van der Waals surface area contributed by atoms with Gasteiger partial charge in [0.1, 0.15) is 23.1 Å². The molecule has 2 saturated carbocycles. The Labute approximate surface area is 177 Å². The Morgan fingerprint density at radius 1 is 1.21 bits per heavy atom. The van der Waals surface area contributed by atoms with Crippen LogP contribution >= 0.6 is 27.5 Å². The average molecular weight is 464 g/mol. The first-order chi connectivity index (χ1) is 13.5. The second kappa shape index (κ2) is 8.21. The van der Waals surface area contributed by atoms with E-state index in [1.807, 2.05) is 6.07 Å². The van der Waals surface area contributed by atoms with E-state index in [2.05, 4.69) is 26.2 Å². The zero-order valence-electron chi connectivity index (χ0n) is 15.2. The lowest BCUT2D eigenvalue weighted by Gasteiger charge is -2.11. The molecule has 1 amide bonds. The van der Waals surface area contributed by atoms with Crippen LogP contribution in [0.25, 0.3) is 0 Å². The standard InChI is InChI=1S/C21H20BrClN2O3/c22-17-11-24-20(25-21(27)13-3-4-13)10-19(17)28-16-6-5-14(18(23)9-16)8-15(26)7-12-1-2-12/h5-6,9-13H,1-4,7-8H2,(H,24,25,27). The van der Waals surface area contributed by atoms with Gasteiger partial charge in [0, 0.05) is 36.0 Å². The Kier molecular flexibility index (Phi) is 5.69. The van der Waals surface area contributed by atoms with Gasteiger partial charge >= 0.3 is 0 Å². The average Bonchev–Trinajstić information content (AvgIpc) is 3.53. The number of hydrogen-bond donors (Lipinski definition) is 1. The van der Waals surface area contributed by atoms with Crippen LogP contribution in [0, 0.1) is 11.8 Å². The molecule has 1 N–H and O–H groups in total. The molecule has 0 spiro atoms. The van der Waals surface area contributed by atoms with E-state index in [1.54, 1.807) is 24.4 Å². The van der Waals surface area contributed by atoms with Crippen molar-refractivity contribution in [3.05, 3.63) is 45.5 Å². The summed E-state index contributed by atoms with van der Waals surface area (Å²) in [6.45, 7) is 0. The first kappa shape index (κ1) is 19.4. The maximum absolute atomic E-state index is 12.1. The number of Topliss-reactive ketones (excluding diaryl/α,β-unsaturated/α-hetero) is 1. The van der Waals surface area contributed by atoms with E-state index in [0.29, 0.717) is 45.6 Å². The molecule has 2 aliphatic rings. The smallest absolute Gasteiger partial charge is 0.228 e. The number of benzene rings is 1. The number of nitrogens with one attached hydrogen (secondary N) is 1. The zero-order chi connectivity index (χ0) is 19.7. The molecule has 0 atom stereocenters. The van der Waals surface area contributed by atoms with E-state index in [0.717, 1.165) is 31.2 Å². The minimum absolute atomic E-state index is 0.0102. The Hall–Kier alpha value is -1.92. The van der Waals surface area contributed by atoms with Crippen LogP contribution in [0.5, 0.6) is 11.5 Å². The minimum Gasteiger partial charge on any atom is -0.456 e. The summed E-state index contributed by atoms with van der Waals surface area (Å²) >= 11 is 9.77. The topological polar surface area (TPSA) is 68.3 Å². The van der Waals surface area contributed by atoms with Crippen LogP contribution in [0.1, 0.15) is 37.7 Å². The normalized spacial score (nSPS) is 15.9. The lowest BCUT2D eigenvalue weighted by atomic mass is 10.0. The van der Waals surface area contributed by atoms with Gasteiger partial charge in [-0.3, -0.25) is 9.59 Å². The Morgan fingerprint density at radius 3 is 2.68 bits per heavy atom. The van der Waals surface area contributed by atoms with E-state index in [1.165, 1.54) is 0 Å². The lowest BCUT2D eigenvalue weighted by Crippen LogP contribution is -2.14. The number of ether oxygens (including phenoxy) is 1. The predicted molar refractivity (Wildman–Crippen MR) is 111 cm³/mol. The quantitative estimate of drug-likeness (QED) is 0.557. The second-order valence-corrected chi connectivity index (χ2v) is 8.74. The molecule has 0 unspecified atom stereocenters. The minimum atomic E-state index is -0.0102. The highest BCUT2D eigenvalue weighted by Crippen LogP contribution is 2.35. The summed E-state index contributed by atoms with van der Waals surface area (Å²) in [6, 6.07) is 7.00. The molecule has 7 heteroatoms. The summed E-state index contributed by atoms with van der Waals surface area (Å²) in [5, 5.41) is 3.31. The van der Waals surface area contributed by atoms with Gasteiger partial charge in [-0.05, 0) is 65.2 Å². The fraction of sp³-hybridized carbons (Fsp3) is 0.381. The van der Waals surface area contributed by atoms with Gasteiger partial charge in [0.15, 0.2) is 0 Å². The van der Waals surface area contributed by atoms with Crippen molar-refractivity contribution in [2.75, 3.05) is 5.32 Å². The molecule has 1 aromatic heterocycles. The number of carbonyl (C=O) groups excluding carboxylic acids is 2. The van der Waals surface area contributed by atoms with E-state index in [9.17, 15) is 9.59 Å². The van der Waals surface area contributed by atoms with Crippen molar-refractivity contribution in [2.24, 2.45) is 11.8 Å². The number of ketones is 1. The third kappa shape index (κ3) is 5.11. The van der Waals surface area contributed by atoms with Gasteiger partial charge in [-0.1, -0.05) is 17.7 Å². The molecule has 2 aromatic rings. The van der Waals surface area contributed by atoms with Gasteiger partial charge < -0.3 is 10.1 Å². The van der Waals surface area contributed by atoms with Crippen molar-refractivity contribution in [2.45, 2.75) is 38.5 Å². The van der Waals surface area contributed by atoms with Crippen LogP contribution in [0.3, 0.4) is 0 Å². The van der Waals surface area contributed by atoms with Crippen LogP contribution in [0.4, 0.5) is 5.82 Å². The van der Waals surface area contributed by atoms with Gasteiger partial charge in [-0.25, -0.2) is 4.98 Å². The van der Waals surface area contributed by atoms with E-state index in [-0.39, 0.29) is 17.6 Å². The fourth-order valence-corrected chi connectivity index (χ4v) is 3.47. The number of nitrogens with zero attached hydrogens (tertiary/aromatic N) is 1. The molecule has 1 heterocycles. The molecule has 0 radical (unpaired) electrons. The maximum atomic E-state index is 12.1. The van der Waals surface area contributed by atoms with Crippen molar-refractivity contribution in [3.8, 4) is 11.5 Å². The van der Waals surface area contributed by atoms with Crippen molar-refractivity contribution in [1.82, 2.24) is 4.98 Å². The summed E-state index contributed by atoms with van der Waals surface area (Å²) in [5.74, 6) is 2.42. The summed E-state index contributed by atoms with van der Waals surface area (Å²) in [7, 11) is 0.